The average molecular weight is 311 g/mol. The summed E-state index contributed by atoms with van der Waals surface area (Å²) in [5, 5.41) is 2.29. The molecule has 0 bridgehead atoms. The summed E-state index contributed by atoms with van der Waals surface area (Å²) < 4.78 is 19.1. The number of alkyl halides is 1. The Balaban J connectivity index is 1.68. The van der Waals surface area contributed by atoms with E-state index < -0.39 is 11.7 Å². The fourth-order valence-electron chi connectivity index (χ4n) is 2.42. The monoisotopic (exact) mass is 311 g/mol. The predicted molar refractivity (Wildman–Crippen MR) is 82.5 cm³/mol. The molecule has 1 fully saturated rings. The molecule has 0 atom stereocenters. The van der Waals surface area contributed by atoms with Crippen LogP contribution in [-0.4, -0.2) is 21.7 Å². The number of hydrogen-bond acceptors (Lipinski definition) is 4. The molecule has 2 heterocycles. The second-order valence-electron chi connectivity index (χ2n) is 5.81. The lowest BCUT2D eigenvalue weighted by molar-refractivity contribution is 0.0844. The molecule has 1 N–H and O–H groups in total. The van der Waals surface area contributed by atoms with Crippen molar-refractivity contribution in [2.24, 2.45) is 0 Å². The van der Waals surface area contributed by atoms with Gasteiger partial charge in [0.15, 0.2) is 11.4 Å². The number of nitrogens with zero attached hydrogens (tertiary/aromatic N) is 2. The van der Waals surface area contributed by atoms with Crippen LogP contribution in [0.25, 0.3) is 22.2 Å². The van der Waals surface area contributed by atoms with E-state index in [0.29, 0.717) is 23.9 Å². The summed E-state index contributed by atoms with van der Waals surface area (Å²) in [7, 11) is 0. The summed E-state index contributed by atoms with van der Waals surface area (Å²) in [4.78, 5) is 20.2. The number of carbonyl (C=O) groups is 1. The highest BCUT2D eigenvalue weighted by Gasteiger charge is 2.45. The lowest BCUT2D eigenvalue weighted by Crippen LogP contribution is -2.33. The molecule has 3 aromatic rings. The van der Waals surface area contributed by atoms with E-state index in [1.54, 1.807) is 12.3 Å². The molecule has 4 rings (SSSR count). The lowest BCUT2D eigenvalue weighted by atomic mass is 10.1. The minimum absolute atomic E-state index is 0.119. The number of carbonyl (C=O) groups excluding carboxylic acids is 1. The van der Waals surface area contributed by atoms with Crippen LogP contribution in [0.15, 0.2) is 40.9 Å². The van der Waals surface area contributed by atoms with Crippen molar-refractivity contribution < 1.29 is 13.6 Å². The molecule has 1 amide bonds. The lowest BCUT2D eigenvalue weighted by Gasteiger charge is -2.04. The van der Waals surface area contributed by atoms with Crippen molar-refractivity contribution >= 4 is 17.0 Å². The van der Waals surface area contributed by atoms with E-state index in [2.05, 4.69) is 15.3 Å². The number of halogens is 1. The molecule has 6 heteroatoms. The number of hydrogen-bond donors (Lipinski definition) is 1. The number of aromatic nitrogens is 2. The predicted octanol–water partition coefficient (Wildman–Crippen LogP) is 3.39. The Bertz CT molecular complexity index is 915. The molecule has 0 spiro atoms. The molecule has 2 aromatic heterocycles. The number of pyridine rings is 1. The SMILES string of the molecule is Cc1cc(-c2ccc3nc(C(=O)NC4(F)CC4)oc3c2)ccn1. The maximum absolute atomic E-state index is 13.6. The second kappa shape index (κ2) is 4.87. The van der Waals surface area contributed by atoms with Crippen LogP contribution in [0.5, 0.6) is 0 Å². The summed E-state index contributed by atoms with van der Waals surface area (Å²) in [6.07, 6.45) is 2.42. The third kappa shape index (κ3) is 2.67. The van der Waals surface area contributed by atoms with Gasteiger partial charge in [-0.1, -0.05) is 6.07 Å². The van der Waals surface area contributed by atoms with Gasteiger partial charge in [-0.2, -0.15) is 0 Å². The molecule has 116 valence electrons. The quantitative estimate of drug-likeness (QED) is 0.753. The van der Waals surface area contributed by atoms with Gasteiger partial charge in [0.1, 0.15) is 5.52 Å². The van der Waals surface area contributed by atoms with E-state index in [1.165, 1.54) is 0 Å². The minimum Gasteiger partial charge on any atom is -0.432 e. The normalized spacial score (nSPS) is 15.6. The van der Waals surface area contributed by atoms with Crippen molar-refractivity contribution in [3.8, 4) is 11.1 Å². The van der Waals surface area contributed by atoms with Crippen LogP contribution in [0.4, 0.5) is 4.39 Å². The second-order valence-corrected chi connectivity index (χ2v) is 5.81. The van der Waals surface area contributed by atoms with E-state index in [-0.39, 0.29) is 5.89 Å². The van der Waals surface area contributed by atoms with Gasteiger partial charge in [-0.3, -0.25) is 9.78 Å². The third-order valence-electron chi connectivity index (χ3n) is 3.84. The molecule has 5 nitrogen and oxygen atoms in total. The Morgan fingerprint density at radius 1 is 1.26 bits per heavy atom. The Labute approximate surface area is 131 Å². The van der Waals surface area contributed by atoms with Gasteiger partial charge in [0.05, 0.1) is 0 Å². The Hall–Kier alpha value is -2.76. The Morgan fingerprint density at radius 3 is 2.78 bits per heavy atom. The number of oxazole rings is 1. The first kappa shape index (κ1) is 13.9. The highest BCUT2D eigenvalue weighted by atomic mass is 19.1. The number of nitrogens with one attached hydrogen (secondary N) is 1. The van der Waals surface area contributed by atoms with E-state index in [9.17, 15) is 9.18 Å². The zero-order valence-corrected chi connectivity index (χ0v) is 12.5. The van der Waals surface area contributed by atoms with Crippen LogP contribution in [0, 0.1) is 6.92 Å². The van der Waals surface area contributed by atoms with Gasteiger partial charge < -0.3 is 9.73 Å². The molecule has 1 aliphatic carbocycles. The summed E-state index contributed by atoms with van der Waals surface area (Å²) >= 11 is 0. The summed E-state index contributed by atoms with van der Waals surface area (Å²) in [5.41, 5.74) is 3.91. The van der Waals surface area contributed by atoms with Gasteiger partial charge in [0.2, 0.25) is 0 Å². The zero-order valence-electron chi connectivity index (χ0n) is 12.5. The Morgan fingerprint density at radius 2 is 2.04 bits per heavy atom. The number of aryl methyl sites for hydroxylation is 1. The van der Waals surface area contributed by atoms with Crippen molar-refractivity contribution in [3.05, 3.63) is 48.1 Å². The van der Waals surface area contributed by atoms with Crippen LogP contribution < -0.4 is 5.32 Å². The van der Waals surface area contributed by atoms with Crippen LogP contribution >= 0.6 is 0 Å². The third-order valence-corrected chi connectivity index (χ3v) is 3.84. The standard InChI is InChI=1S/C17H14FN3O2/c1-10-8-12(4-7-19-10)11-2-3-13-14(9-11)23-16(20-13)15(22)21-17(18)5-6-17/h2-4,7-9H,5-6H2,1H3,(H,21,22). The summed E-state index contributed by atoms with van der Waals surface area (Å²) in [5.74, 6) is -2.33. The van der Waals surface area contributed by atoms with E-state index in [1.807, 2.05) is 31.2 Å². The van der Waals surface area contributed by atoms with Crippen molar-refractivity contribution in [2.45, 2.75) is 25.6 Å². The highest BCUT2D eigenvalue weighted by molar-refractivity contribution is 5.93. The number of fused-ring (bicyclic) bond motifs is 1. The topological polar surface area (TPSA) is 68.0 Å². The molecule has 0 saturated heterocycles. The van der Waals surface area contributed by atoms with Crippen LogP contribution in [0.2, 0.25) is 0 Å². The van der Waals surface area contributed by atoms with Gasteiger partial charge in [0.25, 0.3) is 5.89 Å². The first-order chi connectivity index (χ1) is 11.0. The first-order valence-electron chi connectivity index (χ1n) is 7.37. The molecular formula is C17H14FN3O2. The molecule has 1 saturated carbocycles. The summed E-state index contributed by atoms with van der Waals surface area (Å²) in [6, 6.07) is 9.36. The van der Waals surface area contributed by atoms with Crippen LogP contribution in [-0.2, 0) is 0 Å². The van der Waals surface area contributed by atoms with Crippen molar-refractivity contribution in [2.75, 3.05) is 0 Å². The number of rotatable bonds is 3. The maximum atomic E-state index is 13.6. The largest absolute Gasteiger partial charge is 0.432 e. The van der Waals surface area contributed by atoms with Gasteiger partial charge >= 0.3 is 5.91 Å². The highest BCUT2D eigenvalue weighted by Crippen LogP contribution is 2.36. The average Bonchev–Trinajstić information content (AvgIpc) is 3.10. The number of benzene rings is 1. The molecule has 23 heavy (non-hydrogen) atoms. The molecule has 1 aromatic carbocycles. The molecule has 0 aliphatic heterocycles. The van der Waals surface area contributed by atoms with Gasteiger partial charge in [0, 0.05) is 24.7 Å². The van der Waals surface area contributed by atoms with E-state index >= 15 is 0 Å². The zero-order chi connectivity index (χ0) is 16.0. The van der Waals surface area contributed by atoms with E-state index in [0.717, 1.165) is 16.8 Å². The van der Waals surface area contributed by atoms with Crippen molar-refractivity contribution in [3.63, 3.8) is 0 Å². The minimum atomic E-state index is -1.59. The molecule has 0 radical (unpaired) electrons. The molecular weight excluding hydrogens is 297 g/mol. The maximum Gasteiger partial charge on any atom is 0.309 e. The van der Waals surface area contributed by atoms with Crippen molar-refractivity contribution in [1.29, 1.82) is 0 Å². The van der Waals surface area contributed by atoms with Gasteiger partial charge in [-0.25, -0.2) is 9.37 Å². The van der Waals surface area contributed by atoms with Crippen LogP contribution in [0.1, 0.15) is 29.2 Å². The van der Waals surface area contributed by atoms with Gasteiger partial charge in [-0.05, 0) is 42.3 Å². The first-order valence-corrected chi connectivity index (χ1v) is 7.37. The molecule has 0 unspecified atom stereocenters. The van der Waals surface area contributed by atoms with Gasteiger partial charge in [-0.15, -0.1) is 0 Å². The van der Waals surface area contributed by atoms with Crippen molar-refractivity contribution in [1.82, 2.24) is 15.3 Å². The van der Waals surface area contributed by atoms with Crippen LogP contribution in [0.3, 0.4) is 0 Å². The van der Waals surface area contributed by atoms with E-state index in [4.69, 9.17) is 4.42 Å². The fourth-order valence-corrected chi connectivity index (χ4v) is 2.42. The summed E-state index contributed by atoms with van der Waals surface area (Å²) in [6.45, 7) is 1.92. The Kier molecular flexibility index (Phi) is 2.94. The molecule has 1 aliphatic rings. The fraction of sp³-hybridized carbons (Fsp3) is 0.235. The smallest absolute Gasteiger partial charge is 0.309 e. The number of amides is 1.